The van der Waals surface area contributed by atoms with Gasteiger partial charge in [0.1, 0.15) is 0 Å². The molecule has 2 rings (SSSR count). The molecule has 2 unspecified atom stereocenters. The zero-order valence-corrected chi connectivity index (χ0v) is 12.2. The summed E-state index contributed by atoms with van der Waals surface area (Å²) >= 11 is 0. The van der Waals surface area contributed by atoms with E-state index in [0.717, 1.165) is 0 Å². The second-order valence-corrected chi connectivity index (χ2v) is 5.56. The number of benzene rings is 1. The number of hydrogen-bond donors (Lipinski definition) is 4. The average molecular weight is 291 g/mol. The number of aliphatic hydroxyl groups is 1. The molecule has 114 valence electrons. The van der Waals surface area contributed by atoms with E-state index in [4.69, 9.17) is 0 Å². The van der Waals surface area contributed by atoms with Gasteiger partial charge in [-0.05, 0) is 24.6 Å². The fourth-order valence-electron chi connectivity index (χ4n) is 2.11. The zero-order valence-electron chi connectivity index (χ0n) is 12.2. The van der Waals surface area contributed by atoms with Crippen LogP contribution in [0.4, 0.5) is 11.4 Å². The third-order valence-electron chi connectivity index (χ3n) is 3.35. The molecule has 1 aromatic rings. The summed E-state index contributed by atoms with van der Waals surface area (Å²) in [5.74, 6) is -0.356. The number of anilines is 2. The van der Waals surface area contributed by atoms with Crippen LogP contribution in [0.2, 0.25) is 0 Å². The van der Waals surface area contributed by atoms with Gasteiger partial charge in [0.2, 0.25) is 11.8 Å². The Kier molecular flexibility index (Phi) is 4.93. The molecule has 0 bridgehead atoms. The SMILES string of the molecule is CC(C)C(=O)Nc1cccc(NC(=O)C2CC(O)CN2)c1. The molecule has 6 nitrogen and oxygen atoms in total. The summed E-state index contributed by atoms with van der Waals surface area (Å²) in [5.41, 5.74) is 1.26. The Hall–Kier alpha value is -1.92. The summed E-state index contributed by atoms with van der Waals surface area (Å²) in [4.78, 5) is 23.7. The number of carbonyl (C=O) groups is 2. The molecule has 1 aliphatic rings. The molecular formula is C15H21N3O3. The fraction of sp³-hybridized carbons (Fsp3) is 0.467. The standard InChI is InChI=1S/C15H21N3O3/c1-9(2)14(20)17-10-4-3-5-11(6-10)18-15(21)13-7-12(19)8-16-13/h3-6,9,12-13,16,19H,7-8H2,1-2H3,(H,17,20)(H,18,21). The number of amides is 2. The van der Waals surface area contributed by atoms with Crippen LogP contribution in [0.1, 0.15) is 20.3 Å². The Morgan fingerprint density at radius 3 is 2.52 bits per heavy atom. The Morgan fingerprint density at radius 1 is 1.29 bits per heavy atom. The molecule has 21 heavy (non-hydrogen) atoms. The van der Waals surface area contributed by atoms with Crippen molar-refractivity contribution in [3.05, 3.63) is 24.3 Å². The van der Waals surface area contributed by atoms with Gasteiger partial charge in [-0.2, -0.15) is 0 Å². The second-order valence-electron chi connectivity index (χ2n) is 5.56. The van der Waals surface area contributed by atoms with E-state index in [0.29, 0.717) is 24.3 Å². The third-order valence-corrected chi connectivity index (χ3v) is 3.35. The maximum Gasteiger partial charge on any atom is 0.241 e. The van der Waals surface area contributed by atoms with Crippen LogP contribution in [0.25, 0.3) is 0 Å². The van der Waals surface area contributed by atoms with E-state index in [1.807, 2.05) is 13.8 Å². The molecule has 2 atom stereocenters. The molecule has 0 spiro atoms. The van der Waals surface area contributed by atoms with Crippen molar-refractivity contribution in [2.45, 2.75) is 32.4 Å². The van der Waals surface area contributed by atoms with Crippen molar-refractivity contribution in [1.82, 2.24) is 5.32 Å². The van der Waals surface area contributed by atoms with Crippen LogP contribution in [0, 0.1) is 5.92 Å². The smallest absolute Gasteiger partial charge is 0.241 e. The average Bonchev–Trinajstić information content (AvgIpc) is 2.86. The second kappa shape index (κ2) is 6.69. The molecule has 4 N–H and O–H groups in total. The minimum absolute atomic E-state index is 0.0703. The quantitative estimate of drug-likeness (QED) is 0.664. The van der Waals surface area contributed by atoms with Gasteiger partial charge in [0, 0.05) is 23.8 Å². The Morgan fingerprint density at radius 2 is 1.95 bits per heavy atom. The first-order valence-electron chi connectivity index (χ1n) is 7.09. The van der Waals surface area contributed by atoms with E-state index in [-0.39, 0.29) is 23.8 Å². The van der Waals surface area contributed by atoms with E-state index >= 15 is 0 Å². The van der Waals surface area contributed by atoms with Crippen molar-refractivity contribution in [3.8, 4) is 0 Å². The van der Waals surface area contributed by atoms with Gasteiger partial charge in [-0.15, -0.1) is 0 Å². The summed E-state index contributed by atoms with van der Waals surface area (Å²) in [6, 6.07) is 6.63. The van der Waals surface area contributed by atoms with Gasteiger partial charge >= 0.3 is 0 Å². The van der Waals surface area contributed by atoms with Gasteiger partial charge in [0.25, 0.3) is 0 Å². The van der Waals surface area contributed by atoms with E-state index in [9.17, 15) is 14.7 Å². The van der Waals surface area contributed by atoms with Crippen molar-refractivity contribution in [1.29, 1.82) is 0 Å². The van der Waals surface area contributed by atoms with Crippen molar-refractivity contribution < 1.29 is 14.7 Å². The summed E-state index contributed by atoms with van der Waals surface area (Å²) < 4.78 is 0. The lowest BCUT2D eigenvalue weighted by atomic mass is 10.1. The van der Waals surface area contributed by atoms with Gasteiger partial charge in [-0.1, -0.05) is 19.9 Å². The molecule has 1 heterocycles. The Bertz CT molecular complexity index is 531. The highest BCUT2D eigenvalue weighted by molar-refractivity contribution is 5.97. The summed E-state index contributed by atoms with van der Waals surface area (Å²) in [5, 5.41) is 17.9. The van der Waals surface area contributed by atoms with Crippen LogP contribution < -0.4 is 16.0 Å². The van der Waals surface area contributed by atoms with Crippen molar-refractivity contribution in [3.63, 3.8) is 0 Å². The first-order valence-corrected chi connectivity index (χ1v) is 7.09. The largest absolute Gasteiger partial charge is 0.392 e. The molecule has 1 aliphatic heterocycles. The van der Waals surface area contributed by atoms with Crippen molar-refractivity contribution in [2.75, 3.05) is 17.2 Å². The normalized spacial score (nSPS) is 21.3. The summed E-state index contributed by atoms with van der Waals surface area (Å²) in [6.45, 7) is 4.07. The van der Waals surface area contributed by atoms with Crippen LogP contribution in [0.3, 0.4) is 0 Å². The van der Waals surface area contributed by atoms with E-state index < -0.39 is 6.10 Å². The number of β-amino-alcohol motifs (C(OH)–C–C–N with tert-alkyl or cyclic N) is 1. The minimum Gasteiger partial charge on any atom is -0.392 e. The molecule has 0 aromatic heterocycles. The number of carbonyl (C=O) groups excluding carboxylic acids is 2. The lowest BCUT2D eigenvalue weighted by Gasteiger charge is -2.13. The molecule has 1 aromatic carbocycles. The highest BCUT2D eigenvalue weighted by Gasteiger charge is 2.27. The highest BCUT2D eigenvalue weighted by atomic mass is 16.3. The van der Waals surface area contributed by atoms with Crippen LogP contribution >= 0.6 is 0 Å². The van der Waals surface area contributed by atoms with Crippen molar-refractivity contribution in [2.24, 2.45) is 5.92 Å². The van der Waals surface area contributed by atoms with Crippen LogP contribution in [0.5, 0.6) is 0 Å². The summed E-state index contributed by atoms with van der Waals surface area (Å²) in [6.07, 6.45) is -0.0623. The van der Waals surface area contributed by atoms with Crippen LogP contribution in [0.15, 0.2) is 24.3 Å². The monoisotopic (exact) mass is 291 g/mol. The highest BCUT2D eigenvalue weighted by Crippen LogP contribution is 2.17. The van der Waals surface area contributed by atoms with Gasteiger partial charge in [0.15, 0.2) is 0 Å². The lowest BCUT2D eigenvalue weighted by molar-refractivity contribution is -0.119. The van der Waals surface area contributed by atoms with E-state index in [2.05, 4.69) is 16.0 Å². The molecule has 1 fully saturated rings. The van der Waals surface area contributed by atoms with Crippen LogP contribution in [-0.2, 0) is 9.59 Å². The van der Waals surface area contributed by atoms with E-state index in [1.165, 1.54) is 0 Å². The number of aliphatic hydroxyl groups excluding tert-OH is 1. The zero-order chi connectivity index (χ0) is 15.4. The maximum absolute atomic E-state index is 12.0. The lowest BCUT2D eigenvalue weighted by Crippen LogP contribution is -2.35. The first-order chi connectivity index (χ1) is 9.95. The molecule has 1 saturated heterocycles. The van der Waals surface area contributed by atoms with Crippen LogP contribution in [-0.4, -0.2) is 35.6 Å². The molecule has 6 heteroatoms. The van der Waals surface area contributed by atoms with Gasteiger partial charge in [-0.25, -0.2) is 0 Å². The first kappa shape index (κ1) is 15.5. The number of nitrogens with one attached hydrogen (secondary N) is 3. The molecule has 0 saturated carbocycles. The predicted octanol–water partition coefficient (Wildman–Crippen LogP) is 0.942. The predicted molar refractivity (Wildman–Crippen MR) is 81.0 cm³/mol. The summed E-state index contributed by atoms with van der Waals surface area (Å²) in [7, 11) is 0. The Balaban J connectivity index is 1.97. The number of rotatable bonds is 4. The molecule has 2 amide bonds. The molecular weight excluding hydrogens is 270 g/mol. The third kappa shape index (κ3) is 4.27. The fourth-order valence-corrected chi connectivity index (χ4v) is 2.11. The van der Waals surface area contributed by atoms with Crippen molar-refractivity contribution >= 4 is 23.2 Å². The van der Waals surface area contributed by atoms with E-state index in [1.54, 1.807) is 24.3 Å². The molecule has 0 radical (unpaired) electrons. The minimum atomic E-state index is -0.475. The number of hydrogen-bond acceptors (Lipinski definition) is 4. The Labute approximate surface area is 123 Å². The van der Waals surface area contributed by atoms with Gasteiger partial charge in [0.05, 0.1) is 12.1 Å². The molecule has 0 aliphatic carbocycles. The van der Waals surface area contributed by atoms with Gasteiger partial charge in [-0.3, -0.25) is 9.59 Å². The topological polar surface area (TPSA) is 90.5 Å². The van der Waals surface area contributed by atoms with Gasteiger partial charge < -0.3 is 21.1 Å². The maximum atomic E-state index is 12.0.